The summed E-state index contributed by atoms with van der Waals surface area (Å²) in [6.45, 7) is 5.26. The molecule has 0 radical (unpaired) electrons. The highest BCUT2D eigenvalue weighted by molar-refractivity contribution is 5.95. The second-order valence-corrected chi connectivity index (χ2v) is 9.86. The Balaban J connectivity index is 1.48. The molecule has 0 atom stereocenters. The second kappa shape index (κ2) is 10.2. The van der Waals surface area contributed by atoms with Crippen molar-refractivity contribution in [1.82, 2.24) is 14.9 Å². The lowest BCUT2D eigenvalue weighted by atomic mass is 9.98. The summed E-state index contributed by atoms with van der Waals surface area (Å²) in [5.41, 5.74) is 2.43. The van der Waals surface area contributed by atoms with Gasteiger partial charge in [-0.2, -0.15) is 4.98 Å². The van der Waals surface area contributed by atoms with E-state index in [1.165, 1.54) is 16.5 Å². The van der Waals surface area contributed by atoms with Crippen molar-refractivity contribution in [2.24, 2.45) is 5.92 Å². The average molecular weight is 492 g/mol. The van der Waals surface area contributed by atoms with Crippen LogP contribution in [-0.2, 0) is 19.5 Å². The topological polar surface area (TPSA) is 52.6 Å². The molecule has 1 aromatic heterocycles. The lowest BCUT2D eigenvalue weighted by Gasteiger charge is -2.36. The first kappa shape index (κ1) is 24.2. The zero-order chi connectivity index (χ0) is 25.2. The summed E-state index contributed by atoms with van der Waals surface area (Å²) in [6, 6.07) is 13.7. The van der Waals surface area contributed by atoms with Crippen LogP contribution >= 0.6 is 0 Å². The molecule has 2 aliphatic heterocycles. The maximum Gasteiger partial charge on any atom is 0.260 e. The van der Waals surface area contributed by atoms with Gasteiger partial charge in [-0.25, -0.2) is 13.8 Å². The van der Waals surface area contributed by atoms with Gasteiger partial charge in [0.1, 0.15) is 23.0 Å². The first-order chi connectivity index (χ1) is 17.4. The number of amides is 1. The minimum atomic E-state index is -0.842. The van der Waals surface area contributed by atoms with Gasteiger partial charge in [0.05, 0.1) is 12.2 Å². The van der Waals surface area contributed by atoms with Crippen molar-refractivity contribution < 1.29 is 13.6 Å². The Bertz CT molecular complexity index is 1220. The standard InChI is InChI=1S/C28H31F2N5O/c1-19-11-14-34(15-12-19)26-21-18-35(27(36)25-22(29)9-6-10-23(25)30)16-13-24(21)31-28(32-26)33(2)17-20-7-4-3-5-8-20/h3-10,19H,11-18H2,1-2H3. The largest absolute Gasteiger partial charge is 0.356 e. The molecule has 3 aromatic rings. The molecule has 0 spiro atoms. The van der Waals surface area contributed by atoms with Crippen molar-refractivity contribution in [2.45, 2.75) is 39.3 Å². The molecule has 1 fully saturated rings. The van der Waals surface area contributed by atoms with Gasteiger partial charge in [-0.15, -0.1) is 0 Å². The molecule has 8 heteroatoms. The fraction of sp³-hybridized carbons (Fsp3) is 0.393. The Kier molecular flexibility index (Phi) is 6.85. The van der Waals surface area contributed by atoms with Crippen LogP contribution < -0.4 is 9.80 Å². The van der Waals surface area contributed by atoms with Crippen molar-refractivity contribution in [3.63, 3.8) is 0 Å². The first-order valence-corrected chi connectivity index (χ1v) is 12.5. The molecular weight excluding hydrogens is 460 g/mol. The molecule has 0 saturated carbocycles. The van der Waals surface area contributed by atoms with E-state index in [2.05, 4.69) is 24.0 Å². The maximum absolute atomic E-state index is 14.4. The Hall–Kier alpha value is -3.55. The van der Waals surface area contributed by atoms with Gasteiger partial charge in [0.25, 0.3) is 5.91 Å². The van der Waals surface area contributed by atoms with E-state index < -0.39 is 23.1 Å². The number of fused-ring (bicyclic) bond motifs is 1. The number of halogens is 2. The molecule has 3 heterocycles. The Morgan fingerprint density at radius 2 is 1.69 bits per heavy atom. The minimum Gasteiger partial charge on any atom is -0.356 e. The third-order valence-electron chi connectivity index (χ3n) is 7.18. The number of benzene rings is 2. The lowest BCUT2D eigenvalue weighted by Crippen LogP contribution is -2.40. The molecule has 1 saturated heterocycles. The molecular formula is C28H31F2N5O. The second-order valence-electron chi connectivity index (χ2n) is 9.86. The summed E-state index contributed by atoms with van der Waals surface area (Å²) in [7, 11) is 1.98. The predicted octanol–water partition coefficient (Wildman–Crippen LogP) is 4.83. The number of anilines is 2. The molecule has 36 heavy (non-hydrogen) atoms. The molecule has 0 bridgehead atoms. The summed E-state index contributed by atoms with van der Waals surface area (Å²) in [5.74, 6) is -0.198. The SMILES string of the molecule is CC1CCN(c2nc(N(C)Cc3ccccc3)nc3c2CN(C(=O)c2c(F)cccc2F)CC3)CC1. The number of hydrogen-bond acceptors (Lipinski definition) is 5. The molecule has 2 aliphatic rings. The van der Waals surface area contributed by atoms with Gasteiger partial charge in [-0.05, 0) is 36.5 Å². The molecule has 5 rings (SSSR count). The van der Waals surface area contributed by atoms with E-state index >= 15 is 0 Å². The highest BCUT2D eigenvalue weighted by Crippen LogP contribution is 2.32. The fourth-order valence-electron chi connectivity index (χ4n) is 5.00. The van der Waals surface area contributed by atoms with Gasteiger partial charge in [0.2, 0.25) is 5.95 Å². The van der Waals surface area contributed by atoms with Crippen LogP contribution in [0.2, 0.25) is 0 Å². The van der Waals surface area contributed by atoms with E-state index in [0.29, 0.717) is 31.4 Å². The number of aromatic nitrogens is 2. The van der Waals surface area contributed by atoms with Gasteiger partial charge in [0.15, 0.2) is 0 Å². The minimum absolute atomic E-state index is 0.228. The molecule has 1 amide bonds. The van der Waals surface area contributed by atoms with E-state index in [-0.39, 0.29) is 6.54 Å². The number of hydrogen-bond donors (Lipinski definition) is 0. The van der Waals surface area contributed by atoms with Gasteiger partial charge in [0, 0.05) is 45.2 Å². The predicted molar refractivity (Wildman–Crippen MR) is 136 cm³/mol. The summed E-state index contributed by atoms with van der Waals surface area (Å²) in [5, 5.41) is 0. The van der Waals surface area contributed by atoms with Crippen LogP contribution in [0.5, 0.6) is 0 Å². The van der Waals surface area contributed by atoms with Crippen LogP contribution in [-0.4, -0.2) is 47.5 Å². The monoisotopic (exact) mass is 491 g/mol. The quantitative estimate of drug-likeness (QED) is 0.512. The number of carbonyl (C=O) groups is 1. The zero-order valence-electron chi connectivity index (χ0n) is 20.8. The molecule has 2 aromatic carbocycles. The summed E-state index contributed by atoms with van der Waals surface area (Å²) in [6.07, 6.45) is 2.64. The Morgan fingerprint density at radius 3 is 2.39 bits per heavy atom. The smallest absolute Gasteiger partial charge is 0.260 e. The van der Waals surface area contributed by atoms with Crippen molar-refractivity contribution in [3.8, 4) is 0 Å². The van der Waals surface area contributed by atoms with E-state index in [9.17, 15) is 13.6 Å². The normalized spacial score (nSPS) is 16.1. The zero-order valence-corrected chi connectivity index (χ0v) is 20.8. The van der Waals surface area contributed by atoms with Crippen LogP contribution in [0.15, 0.2) is 48.5 Å². The molecule has 188 valence electrons. The molecule has 0 aliphatic carbocycles. The van der Waals surface area contributed by atoms with E-state index in [1.807, 2.05) is 30.1 Å². The molecule has 6 nitrogen and oxygen atoms in total. The molecule has 0 N–H and O–H groups in total. The summed E-state index contributed by atoms with van der Waals surface area (Å²) in [4.78, 5) is 28.8. The van der Waals surface area contributed by atoms with E-state index in [4.69, 9.17) is 9.97 Å². The van der Waals surface area contributed by atoms with Crippen LogP contribution in [0.4, 0.5) is 20.5 Å². The maximum atomic E-state index is 14.4. The van der Waals surface area contributed by atoms with Crippen molar-refractivity contribution in [1.29, 1.82) is 0 Å². The summed E-state index contributed by atoms with van der Waals surface area (Å²) >= 11 is 0. The third-order valence-corrected chi connectivity index (χ3v) is 7.18. The van der Waals surface area contributed by atoms with Gasteiger partial charge in [-0.1, -0.05) is 43.3 Å². The van der Waals surface area contributed by atoms with Crippen molar-refractivity contribution in [3.05, 3.63) is 82.5 Å². The average Bonchev–Trinajstić information content (AvgIpc) is 2.88. The van der Waals surface area contributed by atoms with Gasteiger partial charge >= 0.3 is 0 Å². The van der Waals surface area contributed by atoms with E-state index in [0.717, 1.165) is 55.1 Å². The number of piperidine rings is 1. The summed E-state index contributed by atoms with van der Waals surface area (Å²) < 4.78 is 28.7. The number of nitrogens with zero attached hydrogens (tertiary/aromatic N) is 5. The highest BCUT2D eigenvalue weighted by atomic mass is 19.1. The number of carbonyl (C=O) groups excluding carboxylic acids is 1. The Labute approximate surface area is 210 Å². The first-order valence-electron chi connectivity index (χ1n) is 12.5. The molecule has 0 unspecified atom stereocenters. The van der Waals surface area contributed by atoms with Crippen molar-refractivity contribution >= 4 is 17.7 Å². The van der Waals surface area contributed by atoms with Crippen LogP contribution in [0.1, 0.15) is 46.9 Å². The van der Waals surface area contributed by atoms with Crippen LogP contribution in [0.25, 0.3) is 0 Å². The lowest BCUT2D eigenvalue weighted by molar-refractivity contribution is 0.0723. The highest BCUT2D eigenvalue weighted by Gasteiger charge is 2.31. The van der Waals surface area contributed by atoms with Gasteiger partial charge in [-0.3, -0.25) is 4.79 Å². The van der Waals surface area contributed by atoms with Crippen LogP contribution in [0, 0.1) is 17.6 Å². The number of rotatable bonds is 5. The Morgan fingerprint density at radius 1 is 1.00 bits per heavy atom. The fourth-order valence-corrected chi connectivity index (χ4v) is 5.00. The van der Waals surface area contributed by atoms with E-state index in [1.54, 1.807) is 0 Å². The van der Waals surface area contributed by atoms with Crippen LogP contribution in [0.3, 0.4) is 0 Å². The van der Waals surface area contributed by atoms with Crippen molar-refractivity contribution in [2.75, 3.05) is 36.5 Å². The van der Waals surface area contributed by atoms with Gasteiger partial charge < -0.3 is 14.7 Å². The third kappa shape index (κ3) is 4.90.